The first-order valence-electron chi connectivity index (χ1n) is 19.7. The van der Waals surface area contributed by atoms with Gasteiger partial charge in [0, 0.05) is 30.0 Å². The van der Waals surface area contributed by atoms with E-state index in [0.717, 1.165) is 24.0 Å². The van der Waals surface area contributed by atoms with Gasteiger partial charge in [0.15, 0.2) is 0 Å². The van der Waals surface area contributed by atoms with Crippen LogP contribution in [-0.4, -0.2) is 81.9 Å². The van der Waals surface area contributed by atoms with E-state index < -0.39 is 69.0 Å². The summed E-state index contributed by atoms with van der Waals surface area (Å²) in [6, 6.07) is 24.0. The molecule has 0 bridgehead atoms. The molecule has 58 heavy (non-hydrogen) atoms. The summed E-state index contributed by atoms with van der Waals surface area (Å²) in [5, 5.41) is 15.6. The summed E-state index contributed by atoms with van der Waals surface area (Å²) < 4.78 is 34.4. The molecule has 2 fully saturated rings. The van der Waals surface area contributed by atoms with Crippen LogP contribution in [0.5, 0.6) is 0 Å². The number of hydrogen-bond acceptors (Lipinski definition) is 9. The summed E-state index contributed by atoms with van der Waals surface area (Å²) in [6.45, 7) is 5.22. The Labute approximate surface area is 338 Å². The van der Waals surface area contributed by atoms with Crippen molar-refractivity contribution < 1.29 is 32.3 Å². The number of alkyl carbamates (subject to hydrolysis) is 1. The first-order valence-corrected chi connectivity index (χ1v) is 21.2. The Balaban J connectivity index is 1.25. The number of carbonyl (C=O) groups is 4. The Morgan fingerprint density at radius 1 is 0.862 bits per heavy atom. The molecule has 0 spiro atoms. The number of nitrogens with one attached hydrogen (secondary N) is 3. The molecule has 4 amide bonds. The van der Waals surface area contributed by atoms with E-state index >= 15 is 0 Å². The summed E-state index contributed by atoms with van der Waals surface area (Å²) in [7, 11) is -4.27. The Hall–Kier alpha value is -5.83. The number of aromatic nitrogens is 3. The van der Waals surface area contributed by atoms with Gasteiger partial charge in [-0.25, -0.2) is 17.9 Å². The van der Waals surface area contributed by atoms with E-state index in [9.17, 15) is 27.6 Å². The van der Waals surface area contributed by atoms with Crippen molar-refractivity contribution in [3.8, 4) is 22.5 Å². The Morgan fingerprint density at radius 3 is 2.07 bits per heavy atom. The van der Waals surface area contributed by atoms with Crippen molar-refractivity contribution in [1.29, 1.82) is 0 Å². The highest BCUT2D eigenvalue weighted by atomic mass is 32.2. The number of rotatable bonds is 7. The van der Waals surface area contributed by atoms with Gasteiger partial charge >= 0.3 is 6.09 Å². The largest absolute Gasteiger partial charge is 0.444 e. The molecule has 7 rings (SSSR count). The Kier molecular flexibility index (Phi) is 11.5. The van der Waals surface area contributed by atoms with Crippen molar-refractivity contribution >= 4 is 33.8 Å². The fourth-order valence-corrected chi connectivity index (χ4v) is 8.71. The maximum absolute atomic E-state index is 14.7. The maximum Gasteiger partial charge on any atom is 0.408 e. The molecule has 0 radical (unpaired) electrons. The third kappa shape index (κ3) is 8.99. The number of benzene rings is 3. The first kappa shape index (κ1) is 40.4. The number of amides is 4. The monoisotopic (exact) mass is 807 g/mol. The lowest BCUT2D eigenvalue weighted by Gasteiger charge is -2.30. The second-order valence-corrected chi connectivity index (χ2v) is 17.8. The normalized spacial score (nSPS) is 24.6. The van der Waals surface area contributed by atoms with Crippen molar-refractivity contribution in [2.24, 2.45) is 5.92 Å². The van der Waals surface area contributed by atoms with Gasteiger partial charge in [-0.1, -0.05) is 104 Å². The number of carbonyl (C=O) groups excluding carboxylic acids is 4. The molecule has 3 heterocycles. The minimum absolute atomic E-state index is 0.0193. The average molecular weight is 808 g/mol. The quantitative estimate of drug-likeness (QED) is 0.202. The van der Waals surface area contributed by atoms with Gasteiger partial charge in [-0.3, -0.25) is 14.4 Å². The molecule has 3 aliphatic rings. The van der Waals surface area contributed by atoms with E-state index in [-0.39, 0.29) is 24.3 Å². The number of allylic oxidation sites excluding steroid dienone is 1. The maximum atomic E-state index is 14.7. The van der Waals surface area contributed by atoms with E-state index in [4.69, 9.17) is 14.9 Å². The minimum Gasteiger partial charge on any atom is -0.444 e. The summed E-state index contributed by atoms with van der Waals surface area (Å²) >= 11 is 0. The van der Waals surface area contributed by atoms with Crippen LogP contribution in [0.4, 0.5) is 4.79 Å². The smallest absolute Gasteiger partial charge is 0.408 e. The van der Waals surface area contributed by atoms with E-state index in [1.54, 1.807) is 43.8 Å². The Morgan fingerprint density at radius 2 is 1.47 bits per heavy atom. The van der Waals surface area contributed by atoms with Crippen LogP contribution in [0.15, 0.2) is 108 Å². The second-order valence-electron chi connectivity index (χ2n) is 16.1. The molecule has 1 aromatic heterocycles. The van der Waals surface area contributed by atoms with E-state index in [1.807, 2.05) is 72.8 Å². The summed E-state index contributed by atoms with van der Waals surface area (Å²) in [5.41, 5.74) is 0.521. The van der Waals surface area contributed by atoms with E-state index in [1.165, 1.54) is 17.0 Å². The summed E-state index contributed by atoms with van der Waals surface area (Å²) in [5.74, 6) is -2.47. The zero-order valence-electron chi connectivity index (χ0n) is 32.8. The zero-order valence-corrected chi connectivity index (χ0v) is 33.7. The van der Waals surface area contributed by atoms with Gasteiger partial charge in [-0.15, -0.1) is 0 Å². The number of hydrogen-bond donors (Lipinski definition) is 3. The molecule has 4 aromatic rings. The molecule has 5 atom stereocenters. The molecular weight excluding hydrogens is 759 g/mol. The molecule has 1 aliphatic carbocycles. The standard InChI is InChI=1S/C43H49N7O7S/c1-42(2,3)57-41(54)44-34-25-17-6-4-5-14-22-31-27-43(31,40(53)48-58(55,56)33-23-15-9-16-24-33)45-38(51)35-26-32(28-49(35)39(34)52)50-46-36(29-18-10-7-11-19-29)37(47-50)30-20-12-8-13-21-30/h7-16,18-24,31-32,34-35H,4-6,17,25-28H2,1-3H3,(H,44,54)(H,45,51)(H,48,53)/b22-14+/t31-,32-,34-,35+,43-/m1/s1. The SMILES string of the molecule is CC(C)(C)OC(=O)N[C@@H]1CCCCC/C=C/[C@@H]2C[C@@]2(C(=O)NS(=O)(=O)c2ccccc2)NC(=O)[C@@H]2C[C@@H](n3nc(-c4ccccc4)c(-c4ccccc4)n3)CN2C1=O. The second kappa shape index (κ2) is 16.6. The molecule has 2 aliphatic heterocycles. The van der Waals surface area contributed by atoms with Gasteiger partial charge in [-0.2, -0.15) is 15.0 Å². The van der Waals surface area contributed by atoms with Gasteiger partial charge in [0.05, 0.1) is 10.9 Å². The van der Waals surface area contributed by atoms with E-state index in [0.29, 0.717) is 30.7 Å². The van der Waals surface area contributed by atoms with E-state index in [2.05, 4.69) is 15.4 Å². The van der Waals surface area contributed by atoms with Gasteiger partial charge in [0.2, 0.25) is 11.8 Å². The zero-order chi connectivity index (χ0) is 41.1. The van der Waals surface area contributed by atoms with Crippen LogP contribution in [0.3, 0.4) is 0 Å². The van der Waals surface area contributed by atoms with Crippen molar-refractivity contribution in [2.45, 2.75) is 99.9 Å². The molecule has 1 saturated heterocycles. The first-order chi connectivity index (χ1) is 27.7. The molecule has 0 unspecified atom stereocenters. The van der Waals surface area contributed by atoms with Crippen LogP contribution >= 0.6 is 0 Å². The molecule has 1 saturated carbocycles. The third-order valence-electron chi connectivity index (χ3n) is 10.7. The van der Waals surface area contributed by atoms with Crippen LogP contribution in [-0.2, 0) is 29.1 Å². The molecule has 304 valence electrons. The number of sulfonamides is 1. The topological polar surface area (TPSA) is 182 Å². The molecule has 3 aromatic carbocycles. The molecule has 14 nitrogen and oxygen atoms in total. The number of fused-ring (bicyclic) bond motifs is 2. The number of ether oxygens (including phenoxy) is 1. The van der Waals surface area contributed by atoms with Gasteiger partial charge < -0.3 is 20.3 Å². The van der Waals surface area contributed by atoms with Crippen LogP contribution < -0.4 is 15.4 Å². The van der Waals surface area contributed by atoms with Crippen molar-refractivity contribution in [2.75, 3.05) is 6.54 Å². The van der Waals surface area contributed by atoms with Crippen LogP contribution in [0.2, 0.25) is 0 Å². The lowest BCUT2D eigenvalue weighted by molar-refractivity contribution is -0.141. The highest BCUT2D eigenvalue weighted by Crippen LogP contribution is 2.46. The van der Waals surface area contributed by atoms with Crippen molar-refractivity contribution in [1.82, 2.24) is 35.2 Å². The van der Waals surface area contributed by atoms with Crippen LogP contribution in [0, 0.1) is 5.92 Å². The molecule has 3 N–H and O–H groups in total. The van der Waals surface area contributed by atoms with Gasteiger partial charge in [0.1, 0.15) is 34.6 Å². The fraction of sp³-hybridized carbons (Fsp3) is 0.395. The number of nitrogens with zero attached hydrogens (tertiary/aromatic N) is 4. The fourth-order valence-electron chi connectivity index (χ4n) is 7.65. The summed E-state index contributed by atoms with van der Waals surface area (Å²) in [6.07, 6.45) is 6.40. The summed E-state index contributed by atoms with van der Waals surface area (Å²) in [4.78, 5) is 59.4. The van der Waals surface area contributed by atoms with Crippen molar-refractivity contribution in [3.63, 3.8) is 0 Å². The minimum atomic E-state index is -4.27. The van der Waals surface area contributed by atoms with Crippen LogP contribution in [0.1, 0.15) is 71.8 Å². The van der Waals surface area contributed by atoms with Crippen molar-refractivity contribution in [3.05, 3.63) is 103 Å². The highest BCUT2D eigenvalue weighted by Gasteiger charge is 2.61. The van der Waals surface area contributed by atoms with Crippen LogP contribution in [0.25, 0.3) is 22.5 Å². The Bertz CT molecular complexity index is 2220. The van der Waals surface area contributed by atoms with Gasteiger partial charge in [-0.05, 0) is 58.6 Å². The predicted octanol–water partition coefficient (Wildman–Crippen LogP) is 5.55. The lowest BCUT2D eigenvalue weighted by atomic mass is 10.0. The third-order valence-corrected chi connectivity index (χ3v) is 12.0. The lowest BCUT2D eigenvalue weighted by Crippen LogP contribution is -2.58. The highest BCUT2D eigenvalue weighted by molar-refractivity contribution is 7.90. The predicted molar refractivity (Wildman–Crippen MR) is 216 cm³/mol. The molecular formula is C43H49N7O7S. The average Bonchev–Trinajstić information content (AvgIpc) is 3.49. The van der Waals surface area contributed by atoms with Gasteiger partial charge in [0.25, 0.3) is 15.9 Å². The molecule has 15 heteroatoms.